The highest BCUT2D eigenvalue weighted by atomic mass is 32.1. The maximum absolute atomic E-state index is 12.9. The predicted molar refractivity (Wildman–Crippen MR) is 96.8 cm³/mol. The van der Waals surface area contributed by atoms with Crippen LogP contribution in [0.15, 0.2) is 30.5 Å². The lowest BCUT2D eigenvalue weighted by Crippen LogP contribution is -2.44. The molecule has 0 unspecified atom stereocenters. The summed E-state index contributed by atoms with van der Waals surface area (Å²) in [4.78, 5) is 33.9. The molecule has 0 spiro atoms. The zero-order valence-corrected chi connectivity index (χ0v) is 14.8. The molecule has 1 aromatic heterocycles. The van der Waals surface area contributed by atoms with Crippen molar-refractivity contribution in [2.75, 3.05) is 28.7 Å². The van der Waals surface area contributed by atoms with Gasteiger partial charge in [0.15, 0.2) is 5.13 Å². The number of hydrogen-bond donors (Lipinski definition) is 1. The highest BCUT2D eigenvalue weighted by Crippen LogP contribution is 2.31. The summed E-state index contributed by atoms with van der Waals surface area (Å²) in [5.41, 5.74) is 1.41. The minimum Gasteiger partial charge on any atom is -0.342 e. The molecule has 1 aliphatic rings. The summed E-state index contributed by atoms with van der Waals surface area (Å²) in [6.07, 6.45) is 2.08. The average Bonchev–Trinajstić information content (AvgIpc) is 2.90. The van der Waals surface area contributed by atoms with Crippen molar-refractivity contribution < 1.29 is 9.59 Å². The Morgan fingerprint density at radius 2 is 2.21 bits per heavy atom. The van der Waals surface area contributed by atoms with E-state index in [0.29, 0.717) is 5.69 Å². The van der Waals surface area contributed by atoms with E-state index in [4.69, 9.17) is 0 Å². The van der Waals surface area contributed by atoms with Gasteiger partial charge in [-0.3, -0.25) is 9.59 Å². The number of nitrogens with zero attached hydrogens (tertiary/aromatic N) is 3. The van der Waals surface area contributed by atoms with Crippen molar-refractivity contribution in [2.45, 2.75) is 26.3 Å². The van der Waals surface area contributed by atoms with Gasteiger partial charge in [0.1, 0.15) is 0 Å². The molecular weight excluding hydrogens is 324 g/mol. The van der Waals surface area contributed by atoms with Crippen LogP contribution in [0.4, 0.5) is 16.5 Å². The fourth-order valence-corrected chi connectivity index (χ4v) is 3.55. The first-order valence-corrected chi connectivity index (χ1v) is 8.62. The standard InChI is InChI=1S/C17H20N4O2S/c1-11-8-15(22)19-13-6-4-5-7-14(13)21(11)16(23)10-20(3)17-18-9-12(2)24-17/h4-7,9,11H,8,10H2,1-3H3,(H,19,22)/t11-/m1/s1. The number of benzene rings is 1. The van der Waals surface area contributed by atoms with Crippen molar-refractivity contribution in [1.29, 1.82) is 0 Å². The van der Waals surface area contributed by atoms with Crippen molar-refractivity contribution in [2.24, 2.45) is 0 Å². The molecule has 2 amide bonds. The fraction of sp³-hybridized carbons (Fsp3) is 0.353. The van der Waals surface area contributed by atoms with Gasteiger partial charge < -0.3 is 15.1 Å². The summed E-state index contributed by atoms with van der Waals surface area (Å²) in [7, 11) is 1.86. The first-order valence-electron chi connectivity index (χ1n) is 7.80. The van der Waals surface area contributed by atoms with Crippen LogP contribution in [0.1, 0.15) is 18.2 Å². The zero-order valence-electron chi connectivity index (χ0n) is 13.9. The number of rotatable bonds is 3. The summed E-state index contributed by atoms with van der Waals surface area (Å²) < 4.78 is 0. The Morgan fingerprint density at radius 1 is 1.46 bits per heavy atom. The molecule has 2 heterocycles. The van der Waals surface area contributed by atoms with Crippen molar-refractivity contribution in [3.05, 3.63) is 35.3 Å². The van der Waals surface area contributed by atoms with E-state index < -0.39 is 0 Å². The molecule has 24 heavy (non-hydrogen) atoms. The van der Waals surface area contributed by atoms with Crippen LogP contribution in [0.2, 0.25) is 0 Å². The molecule has 0 aliphatic carbocycles. The molecule has 7 heteroatoms. The van der Waals surface area contributed by atoms with Crippen LogP contribution in [0.3, 0.4) is 0 Å². The summed E-state index contributed by atoms with van der Waals surface area (Å²) in [6, 6.07) is 7.20. The summed E-state index contributed by atoms with van der Waals surface area (Å²) in [5, 5.41) is 3.68. The Balaban J connectivity index is 1.86. The molecule has 0 fully saturated rings. The van der Waals surface area contributed by atoms with Crippen LogP contribution in [-0.2, 0) is 9.59 Å². The van der Waals surface area contributed by atoms with Crippen LogP contribution < -0.4 is 15.1 Å². The molecule has 0 bridgehead atoms. The maximum Gasteiger partial charge on any atom is 0.246 e. The lowest BCUT2D eigenvalue weighted by molar-refractivity contribution is -0.118. The second-order valence-corrected chi connectivity index (χ2v) is 7.20. The third kappa shape index (κ3) is 3.26. The van der Waals surface area contributed by atoms with Gasteiger partial charge in [0.25, 0.3) is 0 Å². The number of hydrogen-bond acceptors (Lipinski definition) is 5. The number of aromatic nitrogens is 1. The number of amides is 2. The summed E-state index contributed by atoms with van der Waals surface area (Å²) in [5.74, 6) is -0.129. The molecule has 1 aromatic carbocycles. The third-order valence-electron chi connectivity index (χ3n) is 3.94. The van der Waals surface area contributed by atoms with E-state index in [-0.39, 0.29) is 30.8 Å². The lowest BCUT2D eigenvalue weighted by atomic mass is 10.1. The predicted octanol–water partition coefficient (Wildman–Crippen LogP) is 2.65. The quantitative estimate of drug-likeness (QED) is 0.930. The van der Waals surface area contributed by atoms with Crippen molar-refractivity contribution in [3.8, 4) is 0 Å². The molecule has 3 rings (SSSR count). The number of fused-ring (bicyclic) bond motifs is 1. The first kappa shape index (κ1) is 16.4. The van der Waals surface area contributed by atoms with Gasteiger partial charge >= 0.3 is 0 Å². The van der Waals surface area contributed by atoms with Crippen LogP contribution in [0, 0.1) is 6.92 Å². The van der Waals surface area contributed by atoms with Crippen LogP contribution in [-0.4, -0.2) is 36.4 Å². The van der Waals surface area contributed by atoms with E-state index in [1.165, 1.54) is 0 Å². The summed E-state index contributed by atoms with van der Waals surface area (Å²) >= 11 is 1.55. The van der Waals surface area contributed by atoms with Crippen LogP contribution in [0.5, 0.6) is 0 Å². The maximum atomic E-state index is 12.9. The molecule has 1 atom stereocenters. The number of carbonyl (C=O) groups is 2. The van der Waals surface area contributed by atoms with Gasteiger partial charge in [-0.15, -0.1) is 11.3 Å². The minimum atomic E-state index is -0.201. The highest BCUT2D eigenvalue weighted by Gasteiger charge is 2.30. The van der Waals surface area contributed by atoms with E-state index in [0.717, 1.165) is 15.7 Å². The number of anilines is 3. The molecule has 1 aliphatic heterocycles. The fourth-order valence-electron chi connectivity index (χ4n) is 2.83. The Bertz CT molecular complexity index is 773. The molecule has 126 valence electrons. The number of aryl methyl sites for hydroxylation is 1. The normalized spacial score (nSPS) is 17.0. The number of para-hydroxylation sites is 2. The molecule has 0 radical (unpaired) electrons. The van der Waals surface area contributed by atoms with Gasteiger partial charge in [0, 0.05) is 30.6 Å². The smallest absolute Gasteiger partial charge is 0.246 e. The second kappa shape index (κ2) is 6.60. The molecular formula is C17H20N4O2S. The van der Waals surface area contributed by atoms with Gasteiger partial charge in [0.05, 0.1) is 17.9 Å². The lowest BCUT2D eigenvalue weighted by Gasteiger charge is -2.29. The third-order valence-corrected chi connectivity index (χ3v) is 4.96. The average molecular weight is 344 g/mol. The van der Waals surface area contributed by atoms with E-state index >= 15 is 0 Å². The van der Waals surface area contributed by atoms with Crippen LogP contribution in [0.25, 0.3) is 0 Å². The molecule has 1 N–H and O–H groups in total. The van der Waals surface area contributed by atoms with Gasteiger partial charge in [-0.2, -0.15) is 0 Å². The Morgan fingerprint density at radius 3 is 2.92 bits per heavy atom. The summed E-state index contributed by atoms with van der Waals surface area (Å²) in [6.45, 7) is 4.09. The van der Waals surface area contributed by atoms with Crippen LogP contribution >= 0.6 is 11.3 Å². The molecule has 6 nitrogen and oxygen atoms in total. The van der Waals surface area contributed by atoms with E-state index in [2.05, 4.69) is 10.3 Å². The largest absolute Gasteiger partial charge is 0.342 e. The Kier molecular flexibility index (Phi) is 4.53. The molecule has 2 aromatic rings. The molecule has 0 saturated carbocycles. The van der Waals surface area contributed by atoms with Crippen molar-refractivity contribution in [3.63, 3.8) is 0 Å². The van der Waals surface area contributed by atoms with Gasteiger partial charge in [-0.25, -0.2) is 4.98 Å². The molecule has 0 saturated heterocycles. The topological polar surface area (TPSA) is 65.5 Å². The van der Waals surface area contributed by atoms with E-state index in [1.807, 2.05) is 50.1 Å². The van der Waals surface area contributed by atoms with Gasteiger partial charge in [-0.1, -0.05) is 12.1 Å². The zero-order chi connectivity index (χ0) is 17.3. The Labute approximate surface area is 145 Å². The van der Waals surface area contributed by atoms with Gasteiger partial charge in [-0.05, 0) is 26.0 Å². The second-order valence-electron chi connectivity index (χ2n) is 5.99. The minimum absolute atomic E-state index is 0.0539. The number of carbonyl (C=O) groups excluding carboxylic acids is 2. The number of likely N-dealkylation sites (N-methyl/N-ethyl adjacent to an activating group) is 1. The first-order chi connectivity index (χ1) is 11.5. The van der Waals surface area contributed by atoms with Crippen molar-refractivity contribution in [1.82, 2.24) is 4.98 Å². The number of thiazole rings is 1. The monoisotopic (exact) mass is 344 g/mol. The Hall–Kier alpha value is -2.41. The number of nitrogens with one attached hydrogen (secondary N) is 1. The van der Waals surface area contributed by atoms with E-state index in [9.17, 15) is 9.59 Å². The SMILES string of the molecule is Cc1cnc(N(C)CC(=O)N2c3ccccc3NC(=O)C[C@H]2C)s1. The van der Waals surface area contributed by atoms with E-state index in [1.54, 1.807) is 22.4 Å². The van der Waals surface area contributed by atoms with Crippen molar-refractivity contribution >= 4 is 39.7 Å². The highest BCUT2D eigenvalue weighted by molar-refractivity contribution is 7.15. The van der Waals surface area contributed by atoms with Gasteiger partial charge in [0.2, 0.25) is 11.8 Å².